The fraction of sp³-hybridized carbons (Fsp3) is 0.185. The predicted molar refractivity (Wildman–Crippen MR) is 134 cm³/mol. The van der Waals surface area contributed by atoms with Gasteiger partial charge in [-0.25, -0.2) is 14.6 Å². The van der Waals surface area contributed by atoms with Gasteiger partial charge in [0.15, 0.2) is 12.6 Å². The Morgan fingerprint density at radius 1 is 0.889 bits per heavy atom. The zero-order valence-corrected chi connectivity index (χ0v) is 20.2. The Morgan fingerprint density at radius 2 is 1.56 bits per heavy atom. The lowest BCUT2D eigenvalue weighted by Crippen LogP contribution is -2.22. The molecule has 0 aliphatic heterocycles. The van der Waals surface area contributed by atoms with Gasteiger partial charge in [-0.3, -0.25) is 4.79 Å². The predicted octanol–water partition coefficient (Wildman–Crippen LogP) is 3.68. The van der Waals surface area contributed by atoms with E-state index in [0.29, 0.717) is 28.3 Å². The number of carbonyl (C=O) groups excluding carboxylic acids is 3. The van der Waals surface area contributed by atoms with E-state index >= 15 is 0 Å². The number of aliphatic imine (C=N–C) groups is 1. The van der Waals surface area contributed by atoms with Gasteiger partial charge < -0.3 is 25.7 Å². The molecule has 3 aromatic carbocycles. The second-order valence-electron chi connectivity index (χ2n) is 8.11. The van der Waals surface area contributed by atoms with Gasteiger partial charge in [0.1, 0.15) is 11.5 Å². The minimum atomic E-state index is -0.670. The summed E-state index contributed by atoms with van der Waals surface area (Å²) in [6.07, 6.45) is 0. The van der Waals surface area contributed by atoms with Crippen molar-refractivity contribution >= 4 is 29.6 Å². The summed E-state index contributed by atoms with van der Waals surface area (Å²) in [5, 5.41) is 0. The molecule has 0 saturated heterocycles. The van der Waals surface area contributed by atoms with E-state index in [2.05, 4.69) is 4.99 Å². The highest BCUT2D eigenvalue weighted by Crippen LogP contribution is 2.22. The number of nitrogens with zero attached hydrogens (tertiary/aromatic N) is 1. The van der Waals surface area contributed by atoms with Crippen molar-refractivity contribution in [3.8, 4) is 11.5 Å². The molecule has 36 heavy (non-hydrogen) atoms. The van der Waals surface area contributed by atoms with E-state index in [1.54, 1.807) is 61.5 Å². The van der Waals surface area contributed by atoms with Gasteiger partial charge >= 0.3 is 17.9 Å². The smallest absolute Gasteiger partial charge is 0.349 e. The van der Waals surface area contributed by atoms with Gasteiger partial charge in [-0.2, -0.15) is 0 Å². The molecule has 0 radical (unpaired) electrons. The van der Waals surface area contributed by atoms with E-state index in [-0.39, 0.29) is 5.96 Å². The number of benzene rings is 3. The fourth-order valence-electron chi connectivity index (χ4n) is 3.27. The SMILES string of the molecule is Cc1ccc(OC(=O)COC(=O)[C@@H](C)c2ccc(OC(=O)c3ccc(N=C(N)N)cc3)cc2)c(C)c1. The van der Waals surface area contributed by atoms with Crippen LogP contribution in [0.3, 0.4) is 0 Å². The molecule has 3 aromatic rings. The lowest BCUT2D eigenvalue weighted by Gasteiger charge is -2.13. The van der Waals surface area contributed by atoms with Crippen LogP contribution in [0.1, 0.15) is 39.9 Å². The van der Waals surface area contributed by atoms with Gasteiger partial charge in [0, 0.05) is 0 Å². The van der Waals surface area contributed by atoms with Crippen LogP contribution in [0.25, 0.3) is 0 Å². The van der Waals surface area contributed by atoms with Crippen molar-refractivity contribution in [1.82, 2.24) is 0 Å². The molecule has 0 spiro atoms. The van der Waals surface area contributed by atoms with Crippen molar-refractivity contribution in [1.29, 1.82) is 0 Å². The molecular formula is C27H27N3O6. The van der Waals surface area contributed by atoms with Gasteiger partial charge in [0.05, 0.1) is 17.2 Å². The van der Waals surface area contributed by atoms with E-state index < -0.39 is 30.4 Å². The average Bonchev–Trinajstić information content (AvgIpc) is 2.84. The van der Waals surface area contributed by atoms with Crippen LogP contribution in [0.4, 0.5) is 5.69 Å². The van der Waals surface area contributed by atoms with E-state index in [0.717, 1.165) is 11.1 Å². The number of esters is 3. The summed E-state index contributed by atoms with van der Waals surface area (Å²) in [4.78, 5) is 40.7. The van der Waals surface area contributed by atoms with Crippen LogP contribution in [-0.2, 0) is 14.3 Å². The number of guanidine groups is 1. The quantitative estimate of drug-likeness (QED) is 0.211. The van der Waals surface area contributed by atoms with E-state index in [4.69, 9.17) is 25.7 Å². The van der Waals surface area contributed by atoms with Crippen molar-refractivity contribution in [3.05, 3.63) is 89.0 Å². The lowest BCUT2D eigenvalue weighted by atomic mass is 10.0. The Balaban J connectivity index is 1.52. The van der Waals surface area contributed by atoms with Crippen molar-refractivity contribution in [3.63, 3.8) is 0 Å². The van der Waals surface area contributed by atoms with E-state index in [1.165, 1.54) is 0 Å². The second kappa shape index (κ2) is 11.7. The molecule has 186 valence electrons. The van der Waals surface area contributed by atoms with Gasteiger partial charge in [0.2, 0.25) is 0 Å². The molecule has 0 amide bonds. The molecule has 0 fully saturated rings. The maximum Gasteiger partial charge on any atom is 0.349 e. The molecule has 1 atom stereocenters. The Morgan fingerprint density at radius 3 is 2.17 bits per heavy atom. The highest BCUT2D eigenvalue weighted by molar-refractivity contribution is 5.91. The summed E-state index contributed by atoms with van der Waals surface area (Å²) >= 11 is 0. The first-order valence-electron chi connectivity index (χ1n) is 11.1. The van der Waals surface area contributed by atoms with Crippen LogP contribution >= 0.6 is 0 Å². The highest BCUT2D eigenvalue weighted by atomic mass is 16.6. The molecule has 0 saturated carbocycles. The number of ether oxygens (including phenoxy) is 3. The largest absolute Gasteiger partial charge is 0.453 e. The molecule has 3 rings (SSSR count). The third-order valence-corrected chi connectivity index (χ3v) is 5.19. The van der Waals surface area contributed by atoms with Crippen molar-refractivity contribution < 1.29 is 28.6 Å². The zero-order chi connectivity index (χ0) is 26.2. The van der Waals surface area contributed by atoms with Crippen LogP contribution in [-0.4, -0.2) is 30.5 Å². The Bertz CT molecular complexity index is 1280. The van der Waals surface area contributed by atoms with Crippen molar-refractivity contribution in [2.24, 2.45) is 16.5 Å². The monoisotopic (exact) mass is 489 g/mol. The molecule has 0 unspecified atom stereocenters. The van der Waals surface area contributed by atoms with Gasteiger partial charge in [-0.05, 0) is 74.4 Å². The maximum atomic E-state index is 12.4. The topological polar surface area (TPSA) is 143 Å². The van der Waals surface area contributed by atoms with Crippen LogP contribution in [0, 0.1) is 13.8 Å². The van der Waals surface area contributed by atoms with Crippen LogP contribution in [0.15, 0.2) is 71.7 Å². The first kappa shape index (κ1) is 26.0. The molecule has 0 heterocycles. The van der Waals surface area contributed by atoms with Crippen LogP contribution in [0.5, 0.6) is 11.5 Å². The fourth-order valence-corrected chi connectivity index (χ4v) is 3.27. The Hall–Kier alpha value is -4.66. The normalized spacial score (nSPS) is 11.2. The molecule has 9 nitrogen and oxygen atoms in total. The minimum Gasteiger partial charge on any atom is -0.453 e. The third-order valence-electron chi connectivity index (χ3n) is 5.19. The second-order valence-corrected chi connectivity index (χ2v) is 8.11. The standard InChI is InChI=1S/C27H27N3O6/c1-16-4-13-23(17(2)14-16)36-24(31)15-34-25(32)18(3)19-7-11-22(12-8-19)35-26(33)20-5-9-21(10-6-20)30-27(28)29/h4-14,18H,15H2,1-3H3,(H4,28,29,30)/t18-/m0/s1. The molecule has 0 bridgehead atoms. The number of nitrogens with two attached hydrogens (primary N) is 2. The Labute approximate surface area is 208 Å². The Kier molecular flexibility index (Phi) is 8.40. The van der Waals surface area contributed by atoms with E-state index in [1.807, 2.05) is 26.0 Å². The summed E-state index contributed by atoms with van der Waals surface area (Å²) in [6, 6.07) is 18.1. The molecular weight excluding hydrogens is 462 g/mol. The number of hydrogen-bond acceptors (Lipinski definition) is 7. The molecule has 0 aliphatic carbocycles. The van der Waals surface area contributed by atoms with Crippen LogP contribution < -0.4 is 20.9 Å². The van der Waals surface area contributed by atoms with Gasteiger partial charge in [0.25, 0.3) is 0 Å². The zero-order valence-electron chi connectivity index (χ0n) is 20.2. The summed E-state index contributed by atoms with van der Waals surface area (Å²) in [5.41, 5.74) is 14.0. The first-order valence-corrected chi connectivity index (χ1v) is 11.1. The van der Waals surface area contributed by atoms with Crippen molar-refractivity contribution in [2.75, 3.05) is 6.61 Å². The van der Waals surface area contributed by atoms with Crippen LogP contribution in [0.2, 0.25) is 0 Å². The first-order chi connectivity index (χ1) is 17.1. The minimum absolute atomic E-state index is 0.0826. The summed E-state index contributed by atoms with van der Waals surface area (Å²) < 4.78 is 15.8. The van der Waals surface area contributed by atoms with Gasteiger partial charge in [-0.1, -0.05) is 29.8 Å². The summed E-state index contributed by atoms with van der Waals surface area (Å²) in [5.74, 6) is -1.82. The number of aryl methyl sites for hydroxylation is 2. The molecule has 0 aromatic heterocycles. The summed E-state index contributed by atoms with van der Waals surface area (Å²) in [6.45, 7) is 4.91. The molecule has 0 aliphatic rings. The van der Waals surface area contributed by atoms with Crippen molar-refractivity contribution in [2.45, 2.75) is 26.7 Å². The lowest BCUT2D eigenvalue weighted by molar-refractivity contribution is -0.154. The highest BCUT2D eigenvalue weighted by Gasteiger charge is 2.19. The average molecular weight is 490 g/mol. The number of hydrogen-bond donors (Lipinski definition) is 2. The van der Waals surface area contributed by atoms with Gasteiger partial charge in [-0.15, -0.1) is 0 Å². The number of rotatable bonds is 8. The maximum absolute atomic E-state index is 12.4. The number of carbonyl (C=O) groups is 3. The van der Waals surface area contributed by atoms with E-state index in [9.17, 15) is 14.4 Å². The summed E-state index contributed by atoms with van der Waals surface area (Å²) in [7, 11) is 0. The molecule has 4 N–H and O–H groups in total. The third kappa shape index (κ3) is 7.17. The molecule has 9 heteroatoms.